The van der Waals surface area contributed by atoms with E-state index in [0.29, 0.717) is 23.7 Å². The molecule has 7 heteroatoms. The first-order valence-corrected chi connectivity index (χ1v) is 8.91. The predicted molar refractivity (Wildman–Crippen MR) is 92.4 cm³/mol. The first-order valence-electron chi connectivity index (χ1n) is 7.93. The van der Waals surface area contributed by atoms with Crippen molar-refractivity contribution in [2.75, 3.05) is 18.8 Å². The summed E-state index contributed by atoms with van der Waals surface area (Å²) in [5.74, 6) is -0.454. The number of carbonyl (C=O) groups excluding carboxylic acids is 2. The SMILES string of the molecule is Cc1nc(SCC(=O)N2CCC[C@H](C(N)=O)C2)c(C#N)c(C)c1C. The molecule has 1 aromatic rings. The molecule has 2 rings (SSSR count). The molecule has 0 saturated carbocycles. The Morgan fingerprint density at radius 2 is 2.08 bits per heavy atom. The van der Waals surface area contributed by atoms with Gasteiger partial charge in [0.25, 0.3) is 0 Å². The van der Waals surface area contributed by atoms with Crippen LogP contribution < -0.4 is 5.73 Å². The number of rotatable bonds is 4. The summed E-state index contributed by atoms with van der Waals surface area (Å²) in [6.45, 7) is 6.77. The zero-order valence-electron chi connectivity index (χ0n) is 14.3. The quantitative estimate of drug-likeness (QED) is 0.836. The van der Waals surface area contributed by atoms with Crippen LogP contribution in [0.15, 0.2) is 5.03 Å². The molecule has 1 atom stereocenters. The molecule has 0 aliphatic carbocycles. The number of carbonyl (C=O) groups is 2. The minimum Gasteiger partial charge on any atom is -0.369 e. The average Bonchev–Trinajstić information content (AvgIpc) is 2.57. The van der Waals surface area contributed by atoms with E-state index >= 15 is 0 Å². The van der Waals surface area contributed by atoms with Gasteiger partial charge in [-0.2, -0.15) is 5.26 Å². The molecule has 128 valence electrons. The van der Waals surface area contributed by atoms with Gasteiger partial charge < -0.3 is 10.6 Å². The molecule has 0 aromatic carbocycles. The number of hydrogen-bond donors (Lipinski definition) is 1. The zero-order valence-corrected chi connectivity index (χ0v) is 15.1. The third-order valence-corrected chi connectivity index (χ3v) is 5.54. The van der Waals surface area contributed by atoms with Crippen molar-refractivity contribution in [1.29, 1.82) is 5.26 Å². The molecular weight excluding hydrogens is 324 g/mol. The molecule has 0 unspecified atom stereocenters. The lowest BCUT2D eigenvalue weighted by atomic mass is 9.97. The van der Waals surface area contributed by atoms with Crippen LogP contribution in [0.2, 0.25) is 0 Å². The van der Waals surface area contributed by atoms with E-state index in [1.54, 1.807) is 4.90 Å². The van der Waals surface area contributed by atoms with Gasteiger partial charge in [-0.3, -0.25) is 9.59 Å². The second-order valence-electron chi connectivity index (χ2n) is 6.11. The summed E-state index contributed by atoms with van der Waals surface area (Å²) in [5.41, 5.74) is 8.66. The minimum absolute atomic E-state index is 0.0486. The molecule has 1 aliphatic heterocycles. The normalized spacial score (nSPS) is 17.4. The molecule has 1 fully saturated rings. The first-order chi connectivity index (χ1) is 11.3. The second-order valence-corrected chi connectivity index (χ2v) is 7.07. The lowest BCUT2D eigenvalue weighted by molar-refractivity contribution is -0.132. The van der Waals surface area contributed by atoms with Crippen LogP contribution in [-0.4, -0.2) is 40.5 Å². The van der Waals surface area contributed by atoms with Crippen LogP contribution in [0.3, 0.4) is 0 Å². The molecule has 2 N–H and O–H groups in total. The van der Waals surface area contributed by atoms with Gasteiger partial charge >= 0.3 is 0 Å². The Hall–Kier alpha value is -2.07. The third kappa shape index (κ3) is 3.88. The number of amides is 2. The highest BCUT2D eigenvalue weighted by atomic mass is 32.2. The van der Waals surface area contributed by atoms with Gasteiger partial charge in [-0.1, -0.05) is 11.8 Å². The Morgan fingerprint density at radius 3 is 2.71 bits per heavy atom. The number of pyridine rings is 1. The Morgan fingerprint density at radius 1 is 1.38 bits per heavy atom. The molecule has 0 spiro atoms. The number of aryl methyl sites for hydroxylation is 1. The van der Waals surface area contributed by atoms with Crippen LogP contribution in [0.25, 0.3) is 0 Å². The van der Waals surface area contributed by atoms with Gasteiger partial charge in [0.15, 0.2) is 0 Å². The Bertz CT molecular complexity index is 712. The Balaban J connectivity index is 2.07. The van der Waals surface area contributed by atoms with Crippen LogP contribution in [0.4, 0.5) is 0 Å². The number of thioether (sulfide) groups is 1. The van der Waals surface area contributed by atoms with Crippen molar-refractivity contribution in [2.45, 2.75) is 38.6 Å². The highest BCUT2D eigenvalue weighted by Crippen LogP contribution is 2.27. The van der Waals surface area contributed by atoms with Crippen molar-refractivity contribution in [3.05, 3.63) is 22.4 Å². The van der Waals surface area contributed by atoms with E-state index in [1.807, 2.05) is 20.8 Å². The summed E-state index contributed by atoms with van der Waals surface area (Å²) in [5, 5.41) is 9.97. The highest BCUT2D eigenvalue weighted by molar-refractivity contribution is 8.00. The lowest BCUT2D eigenvalue weighted by Crippen LogP contribution is -2.44. The van der Waals surface area contributed by atoms with Crippen molar-refractivity contribution >= 4 is 23.6 Å². The first kappa shape index (κ1) is 18.3. The molecule has 1 saturated heterocycles. The van der Waals surface area contributed by atoms with Gasteiger partial charge in [0.2, 0.25) is 11.8 Å². The van der Waals surface area contributed by atoms with Crippen molar-refractivity contribution in [2.24, 2.45) is 11.7 Å². The van der Waals surface area contributed by atoms with E-state index in [0.717, 1.165) is 29.7 Å². The molecule has 6 nitrogen and oxygen atoms in total. The summed E-state index contributed by atoms with van der Waals surface area (Å²) in [6, 6.07) is 2.19. The molecule has 2 amide bonds. The number of nitriles is 1. The van der Waals surface area contributed by atoms with E-state index in [4.69, 9.17) is 5.73 Å². The van der Waals surface area contributed by atoms with Gasteiger partial charge in [0.1, 0.15) is 11.1 Å². The fourth-order valence-corrected chi connectivity index (χ4v) is 3.79. The fourth-order valence-electron chi connectivity index (χ4n) is 2.80. The van der Waals surface area contributed by atoms with Crippen molar-refractivity contribution < 1.29 is 9.59 Å². The number of nitrogens with zero attached hydrogens (tertiary/aromatic N) is 3. The predicted octanol–water partition coefficient (Wildman–Crippen LogP) is 1.69. The number of hydrogen-bond acceptors (Lipinski definition) is 5. The smallest absolute Gasteiger partial charge is 0.233 e. The van der Waals surface area contributed by atoms with E-state index < -0.39 is 0 Å². The van der Waals surface area contributed by atoms with E-state index in [9.17, 15) is 14.9 Å². The van der Waals surface area contributed by atoms with Crippen LogP contribution in [0.1, 0.15) is 35.2 Å². The van der Waals surface area contributed by atoms with Crippen LogP contribution in [-0.2, 0) is 9.59 Å². The summed E-state index contributed by atoms with van der Waals surface area (Å²) in [7, 11) is 0. The molecular formula is C17H22N4O2S. The van der Waals surface area contributed by atoms with Crippen LogP contribution in [0, 0.1) is 38.0 Å². The van der Waals surface area contributed by atoms with Gasteiger partial charge in [-0.05, 0) is 44.7 Å². The Kier molecular flexibility index (Phi) is 5.84. The van der Waals surface area contributed by atoms with Gasteiger partial charge in [-0.25, -0.2) is 4.98 Å². The van der Waals surface area contributed by atoms with E-state index in [-0.39, 0.29) is 23.5 Å². The number of nitrogens with two attached hydrogens (primary N) is 1. The fraction of sp³-hybridized carbons (Fsp3) is 0.529. The zero-order chi connectivity index (χ0) is 17.9. The highest BCUT2D eigenvalue weighted by Gasteiger charge is 2.27. The molecule has 0 radical (unpaired) electrons. The number of primary amides is 1. The topological polar surface area (TPSA) is 100 Å². The summed E-state index contributed by atoms with van der Waals surface area (Å²) < 4.78 is 0. The average molecular weight is 346 g/mol. The minimum atomic E-state index is -0.349. The van der Waals surface area contributed by atoms with Crippen LogP contribution >= 0.6 is 11.8 Å². The van der Waals surface area contributed by atoms with Crippen LogP contribution in [0.5, 0.6) is 0 Å². The van der Waals surface area contributed by atoms with Gasteiger partial charge in [0, 0.05) is 18.8 Å². The van der Waals surface area contributed by atoms with Crippen molar-refractivity contribution in [3.8, 4) is 6.07 Å². The number of aromatic nitrogens is 1. The lowest BCUT2D eigenvalue weighted by Gasteiger charge is -2.31. The summed E-state index contributed by atoms with van der Waals surface area (Å²) in [4.78, 5) is 29.9. The third-order valence-electron chi connectivity index (χ3n) is 4.58. The Labute approximate surface area is 146 Å². The summed E-state index contributed by atoms with van der Waals surface area (Å²) in [6.07, 6.45) is 1.53. The largest absolute Gasteiger partial charge is 0.369 e. The maximum absolute atomic E-state index is 12.4. The number of piperidine rings is 1. The van der Waals surface area contributed by atoms with Gasteiger partial charge in [0.05, 0.1) is 17.2 Å². The maximum atomic E-state index is 12.4. The molecule has 0 bridgehead atoms. The van der Waals surface area contributed by atoms with E-state index in [2.05, 4.69) is 11.1 Å². The van der Waals surface area contributed by atoms with Crippen molar-refractivity contribution in [1.82, 2.24) is 9.88 Å². The molecule has 2 heterocycles. The summed E-state index contributed by atoms with van der Waals surface area (Å²) >= 11 is 1.28. The van der Waals surface area contributed by atoms with Gasteiger partial charge in [-0.15, -0.1) is 0 Å². The monoisotopic (exact) mass is 346 g/mol. The second kappa shape index (κ2) is 7.67. The molecule has 1 aliphatic rings. The molecule has 1 aromatic heterocycles. The van der Waals surface area contributed by atoms with Crippen molar-refractivity contribution in [3.63, 3.8) is 0 Å². The molecule has 24 heavy (non-hydrogen) atoms. The maximum Gasteiger partial charge on any atom is 0.233 e. The van der Waals surface area contributed by atoms with E-state index in [1.165, 1.54) is 11.8 Å². The number of likely N-dealkylation sites (tertiary alicyclic amines) is 1. The standard InChI is InChI=1S/C17H22N4O2S/c1-10-11(2)14(7-18)17(20-12(10)3)24-9-15(22)21-6-4-5-13(8-21)16(19)23/h13H,4-6,8-9H2,1-3H3,(H2,19,23)/t13-/m0/s1.